The second-order valence-electron chi connectivity index (χ2n) is 4.60. The van der Waals surface area contributed by atoms with Crippen molar-refractivity contribution < 1.29 is 13.7 Å². The van der Waals surface area contributed by atoms with Crippen molar-refractivity contribution in [1.29, 1.82) is 0 Å². The van der Waals surface area contributed by atoms with Crippen molar-refractivity contribution in [3.05, 3.63) is 42.5 Å². The van der Waals surface area contributed by atoms with E-state index in [1.165, 1.54) is 0 Å². The average Bonchev–Trinajstić information content (AvgIpc) is 3.25. The van der Waals surface area contributed by atoms with Crippen LogP contribution in [0.25, 0.3) is 11.5 Å². The van der Waals surface area contributed by atoms with E-state index in [4.69, 9.17) is 8.94 Å². The number of furan rings is 1. The third-order valence-corrected chi connectivity index (χ3v) is 3.07. The smallest absolute Gasteiger partial charge is 0.202 e. The lowest BCUT2D eigenvalue weighted by Gasteiger charge is -1.99. The molecule has 3 aromatic heterocycles. The van der Waals surface area contributed by atoms with Gasteiger partial charge in [0.05, 0.1) is 12.5 Å². The van der Waals surface area contributed by atoms with Crippen LogP contribution in [0.3, 0.4) is 0 Å². The van der Waals surface area contributed by atoms with E-state index < -0.39 is 0 Å². The minimum atomic E-state index is -0.0323. The Hall–Kier alpha value is -2.70. The molecule has 0 bridgehead atoms. The van der Waals surface area contributed by atoms with E-state index in [2.05, 4.69) is 15.5 Å². The maximum atomic E-state index is 12.0. The fraction of sp³-hybridized carbons (Fsp3) is 0.286. The number of carbonyl (C=O) groups excluding carboxylic acids is 1. The quantitative estimate of drug-likeness (QED) is 0.490. The number of Topliss-reactive ketones (excluding diaryl/α,β-unsaturated/α-hetero) is 1. The Bertz CT molecular complexity index is 686. The van der Waals surface area contributed by atoms with Crippen molar-refractivity contribution in [3.63, 3.8) is 0 Å². The van der Waals surface area contributed by atoms with Gasteiger partial charge >= 0.3 is 0 Å². The van der Waals surface area contributed by atoms with Crippen LogP contribution in [0.4, 0.5) is 0 Å². The van der Waals surface area contributed by atoms with Gasteiger partial charge in [-0.1, -0.05) is 10.4 Å². The predicted molar refractivity (Wildman–Crippen MR) is 72.4 cm³/mol. The molecule has 0 fully saturated rings. The van der Waals surface area contributed by atoms with Crippen LogP contribution in [-0.2, 0) is 6.54 Å². The summed E-state index contributed by atoms with van der Waals surface area (Å²) in [5, 5.41) is 11.4. The topological polar surface area (TPSA) is 87.0 Å². The summed E-state index contributed by atoms with van der Waals surface area (Å²) in [6.45, 7) is 0.754. The highest BCUT2D eigenvalue weighted by molar-refractivity contribution is 5.94. The zero-order chi connectivity index (χ0) is 14.5. The lowest BCUT2D eigenvalue weighted by atomic mass is 10.1. The molecule has 0 saturated carbocycles. The lowest BCUT2D eigenvalue weighted by Crippen LogP contribution is -2.02. The van der Waals surface area contributed by atoms with Crippen molar-refractivity contribution >= 4 is 5.78 Å². The first-order valence-corrected chi connectivity index (χ1v) is 6.71. The van der Waals surface area contributed by atoms with Gasteiger partial charge in [0.1, 0.15) is 5.69 Å². The van der Waals surface area contributed by atoms with Gasteiger partial charge in [0.25, 0.3) is 0 Å². The van der Waals surface area contributed by atoms with Crippen LogP contribution in [0.5, 0.6) is 0 Å². The first kappa shape index (κ1) is 13.3. The highest BCUT2D eigenvalue weighted by Gasteiger charge is 2.14. The Kier molecular flexibility index (Phi) is 3.90. The Labute approximate surface area is 120 Å². The maximum Gasteiger partial charge on any atom is 0.202 e. The van der Waals surface area contributed by atoms with Gasteiger partial charge in [-0.25, -0.2) is 0 Å². The molecule has 108 valence electrons. The van der Waals surface area contributed by atoms with Gasteiger partial charge in [0.15, 0.2) is 11.5 Å². The van der Waals surface area contributed by atoms with Gasteiger partial charge < -0.3 is 8.94 Å². The van der Waals surface area contributed by atoms with Gasteiger partial charge in [0.2, 0.25) is 5.76 Å². The lowest BCUT2D eigenvalue weighted by molar-refractivity contribution is 0.0970. The van der Waals surface area contributed by atoms with Crippen LogP contribution in [0.1, 0.15) is 29.8 Å². The number of carbonyl (C=O) groups is 1. The molecule has 0 amide bonds. The SMILES string of the molecule is O=C(CCCCn1ccnn1)c1cc(-c2ccco2)on1. The number of rotatable bonds is 7. The molecule has 7 heteroatoms. The molecule has 0 atom stereocenters. The highest BCUT2D eigenvalue weighted by atomic mass is 16.5. The van der Waals surface area contributed by atoms with Crippen LogP contribution in [0.15, 0.2) is 45.8 Å². The summed E-state index contributed by atoms with van der Waals surface area (Å²) in [7, 11) is 0. The van der Waals surface area contributed by atoms with E-state index in [0.717, 1.165) is 19.4 Å². The molecule has 0 saturated heterocycles. The summed E-state index contributed by atoms with van der Waals surface area (Å²) in [4.78, 5) is 12.0. The van der Waals surface area contributed by atoms with E-state index in [0.29, 0.717) is 23.6 Å². The van der Waals surface area contributed by atoms with Gasteiger partial charge in [-0.05, 0) is 25.0 Å². The van der Waals surface area contributed by atoms with Crippen LogP contribution in [0.2, 0.25) is 0 Å². The van der Waals surface area contributed by atoms with Crippen molar-refractivity contribution in [2.24, 2.45) is 0 Å². The fourth-order valence-corrected chi connectivity index (χ4v) is 1.98. The molecular weight excluding hydrogens is 272 g/mol. The second-order valence-corrected chi connectivity index (χ2v) is 4.60. The summed E-state index contributed by atoms with van der Waals surface area (Å²) in [5.41, 5.74) is 0.335. The molecular formula is C14H14N4O3. The minimum Gasteiger partial charge on any atom is -0.461 e. The van der Waals surface area contributed by atoms with Crippen molar-refractivity contribution in [2.45, 2.75) is 25.8 Å². The first-order chi connectivity index (χ1) is 10.3. The minimum absolute atomic E-state index is 0.0323. The Morgan fingerprint density at radius 3 is 3.00 bits per heavy atom. The van der Waals surface area contributed by atoms with E-state index in [1.54, 1.807) is 41.5 Å². The van der Waals surface area contributed by atoms with Crippen molar-refractivity contribution in [1.82, 2.24) is 20.2 Å². The van der Waals surface area contributed by atoms with E-state index in [9.17, 15) is 4.79 Å². The summed E-state index contributed by atoms with van der Waals surface area (Å²) in [5.74, 6) is 0.994. The Morgan fingerprint density at radius 1 is 1.29 bits per heavy atom. The number of aryl methyl sites for hydroxylation is 1. The first-order valence-electron chi connectivity index (χ1n) is 6.71. The van der Waals surface area contributed by atoms with E-state index in [-0.39, 0.29) is 5.78 Å². The summed E-state index contributed by atoms with van der Waals surface area (Å²) >= 11 is 0. The zero-order valence-electron chi connectivity index (χ0n) is 11.3. The Morgan fingerprint density at radius 2 is 2.24 bits per heavy atom. The fourth-order valence-electron chi connectivity index (χ4n) is 1.98. The molecule has 0 aliphatic carbocycles. The summed E-state index contributed by atoms with van der Waals surface area (Å²) in [6, 6.07) is 5.12. The molecule has 0 aromatic carbocycles. The van der Waals surface area contributed by atoms with Crippen LogP contribution >= 0.6 is 0 Å². The molecule has 0 aliphatic heterocycles. The third-order valence-electron chi connectivity index (χ3n) is 3.07. The number of nitrogens with zero attached hydrogens (tertiary/aromatic N) is 4. The zero-order valence-corrected chi connectivity index (χ0v) is 11.3. The molecule has 0 aliphatic rings. The number of aromatic nitrogens is 4. The molecule has 21 heavy (non-hydrogen) atoms. The van der Waals surface area contributed by atoms with E-state index in [1.807, 2.05) is 0 Å². The van der Waals surface area contributed by atoms with Gasteiger partial charge in [-0.3, -0.25) is 9.48 Å². The van der Waals surface area contributed by atoms with Crippen molar-refractivity contribution in [3.8, 4) is 11.5 Å². The standard InChI is InChI=1S/C14H14N4O3/c19-12(4-1-2-7-18-8-6-15-17-18)11-10-14(21-16-11)13-5-3-9-20-13/h3,5-6,8-10H,1-2,4,7H2. The van der Waals surface area contributed by atoms with Crippen LogP contribution < -0.4 is 0 Å². The largest absolute Gasteiger partial charge is 0.461 e. The summed E-state index contributed by atoms with van der Waals surface area (Å²) in [6.07, 6.45) is 7.04. The summed E-state index contributed by atoms with van der Waals surface area (Å²) < 4.78 is 12.0. The number of unbranched alkanes of at least 4 members (excludes halogenated alkanes) is 1. The Balaban J connectivity index is 1.49. The van der Waals surface area contributed by atoms with Crippen molar-refractivity contribution in [2.75, 3.05) is 0 Å². The number of hydrogen-bond donors (Lipinski definition) is 0. The molecule has 3 rings (SSSR count). The maximum absolute atomic E-state index is 12.0. The number of ketones is 1. The molecule has 3 aromatic rings. The predicted octanol–water partition coefficient (Wildman–Crippen LogP) is 2.58. The highest BCUT2D eigenvalue weighted by Crippen LogP contribution is 2.21. The third kappa shape index (κ3) is 3.25. The molecule has 0 N–H and O–H groups in total. The second kappa shape index (κ2) is 6.17. The molecule has 0 spiro atoms. The molecule has 3 heterocycles. The normalized spacial score (nSPS) is 10.9. The van der Waals surface area contributed by atoms with E-state index >= 15 is 0 Å². The van der Waals surface area contributed by atoms with Crippen LogP contribution in [-0.4, -0.2) is 25.9 Å². The molecule has 0 unspecified atom stereocenters. The molecule has 7 nitrogen and oxygen atoms in total. The molecule has 0 radical (unpaired) electrons. The monoisotopic (exact) mass is 286 g/mol. The van der Waals surface area contributed by atoms with Gasteiger partial charge in [-0.15, -0.1) is 5.10 Å². The average molecular weight is 286 g/mol. The van der Waals surface area contributed by atoms with Gasteiger partial charge in [-0.2, -0.15) is 0 Å². The number of hydrogen-bond acceptors (Lipinski definition) is 6. The van der Waals surface area contributed by atoms with Crippen LogP contribution in [0, 0.1) is 0 Å². The van der Waals surface area contributed by atoms with Gasteiger partial charge in [0, 0.05) is 25.2 Å².